The van der Waals surface area contributed by atoms with Crippen LogP contribution in [0.5, 0.6) is 0 Å². The maximum atomic E-state index is 11.9. The zero-order valence-corrected chi connectivity index (χ0v) is 12.4. The first-order valence-corrected chi connectivity index (χ1v) is 8.25. The highest BCUT2D eigenvalue weighted by molar-refractivity contribution is 7.91. The summed E-state index contributed by atoms with van der Waals surface area (Å²) in [4.78, 5) is 11.0. The number of benzene rings is 1. The van der Waals surface area contributed by atoms with E-state index in [2.05, 4.69) is 4.74 Å². The Morgan fingerprint density at radius 3 is 2.76 bits per heavy atom. The Labute approximate surface area is 122 Å². The maximum Gasteiger partial charge on any atom is 0.306 e. The minimum atomic E-state index is -3.46. The second-order valence-corrected chi connectivity index (χ2v) is 6.96. The summed E-state index contributed by atoms with van der Waals surface area (Å²) in [7, 11) is -2.24. The van der Waals surface area contributed by atoms with Crippen molar-refractivity contribution in [2.75, 3.05) is 18.6 Å². The van der Waals surface area contributed by atoms with Gasteiger partial charge in [-0.05, 0) is 12.1 Å². The van der Waals surface area contributed by atoms with Crippen molar-refractivity contribution in [3.8, 4) is 0 Å². The number of para-hydroxylation sites is 1. The van der Waals surface area contributed by atoms with Crippen LogP contribution in [0.25, 0.3) is 11.0 Å². The maximum absolute atomic E-state index is 11.9. The molecule has 0 radical (unpaired) electrons. The van der Waals surface area contributed by atoms with E-state index in [1.54, 1.807) is 12.1 Å². The third-order valence-electron chi connectivity index (χ3n) is 3.09. The number of ether oxygens (including phenoxy) is 1. The molecule has 2 N–H and O–H groups in total. The average Bonchev–Trinajstić information content (AvgIpc) is 2.88. The highest BCUT2D eigenvalue weighted by Gasteiger charge is 2.21. The van der Waals surface area contributed by atoms with Crippen LogP contribution in [0, 0.1) is 0 Å². The van der Waals surface area contributed by atoms with Gasteiger partial charge < -0.3 is 14.9 Å². The Kier molecular flexibility index (Phi) is 4.64. The topological polar surface area (TPSA) is 99.6 Å². The van der Waals surface area contributed by atoms with Gasteiger partial charge in [0, 0.05) is 5.39 Å². The molecule has 1 atom stereocenters. The molecule has 0 fully saturated rings. The SMILES string of the molecule is COC(=O)CCS(=O)(=O)CC(N)c1cc2ccccc2o1. The Hall–Kier alpha value is -1.86. The largest absolute Gasteiger partial charge is 0.469 e. The van der Waals surface area contributed by atoms with E-state index in [1.165, 1.54) is 7.11 Å². The predicted molar refractivity (Wildman–Crippen MR) is 78.4 cm³/mol. The van der Waals surface area contributed by atoms with Gasteiger partial charge in [0.05, 0.1) is 31.1 Å². The first-order valence-electron chi connectivity index (χ1n) is 6.42. The lowest BCUT2D eigenvalue weighted by Gasteiger charge is -2.09. The minimum Gasteiger partial charge on any atom is -0.469 e. The zero-order chi connectivity index (χ0) is 15.5. The lowest BCUT2D eigenvalue weighted by Crippen LogP contribution is -2.24. The number of fused-ring (bicyclic) bond motifs is 1. The van der Waals surface area contributed by atoms with Crippen LogP contribution in [-0.4, -0.2) is 33.0 Å². The molecule has 0 amide bonds. The molecule has 1 unspecified atom stereocenters. The second kappa shape index (κ2) is 6.28. The van der Waals surface area contributed by atoms with Crippen molar-refractivity contribution < 1.29 is 22.4 Å². The molecule has 7 heteroatoms. The third-order valence-corrected chi connectivity index (χ3v) is 4.78. The van der Waals surface area contributed by atoms with Gasteiger partial charge in [-0.25, -0.2) is 8.42 Å². The summed E-state index contributed by atoms with van der Waals surface area (Å²) < 4.78 is 33.8. The van der Waals surface area contributed by atoms with E-state index in [0.29, 0.717) is 11.3 Å². The summed E-state index contributed by atoms with van der Waals surface area (Å²) >= 11 is 0. The standard InChI is InChI=1S/C14H17NO5S/c1-19-14(16)6-7-21(17,18)9-11(15)13-8-10-4-2-3-5-12(10)20-13/h2-5,8,11H,6-7,9,15H2,1H3. The van der Waals surface area contributed by atoms with Crippen LogP contribution >= 0.6 is 0 Å². The highest BCUT2D eigenvalue weighted by atomic mass is 32.2. The van der Waals surface area contributed by atoms with Crippen LogP contribution < -0.4 is 5.73 Å². The molecule has 1 aromatic carbocycles. The molecule has 2 aromatic rings. The molecule has 0 bridgehead atoms. The van der Waals surface area contributed by atoms with Crippen molar-refractivity contribution >= 4 is 26.8 Å². The zero-order valence-electron chi connectivity index (χ0n) is 11.6. The number of hydrogen-bond acceptors (Lipinski definition) is 6. The van der Waals surface area contributed by atoms with Gasteiger partial charge in [-0.15, -0.1) is 0 Å². The summed E-state index contributed by atoms with van der Waals surface area (Å²) in [5.41, 5.74) is 6.56. The molecule has 0 aliphatic carbocycles. The van der Waals surface area contributed by atoms with E-state index < -0.39 is 21.8 Å². The smallest absolute Gasteiger partial charge is 0.306 e. The van der Waals surface area contributed by atoms with Crippen LogP contribution in [-0.2, 0) is 19.4 Å². The van der Waals surface area contributed by atoms with Crippen LogP contribution in [0.15, 0.2) is 34.7 Å². The van der Waals surface area contributed by atoms with Crippen molar-refractivity contribution in [2.24, 2.45) is 5.73 Å². The lowest BCUT2D eigenvalue weighted by molar-refractivity contribution is -0.140. The van der Waals surface area contributed by atoms with Crippen molar-refractivity contribution in [3.63, 3.8) is 0 Å². The van der Waals surface area contributed by atoms with E-state index in [9.17, 15) is 13.2 Å². The number of carbonyl (C=O) groups is 1. The molecular formula is C14H17NO5S. The van der Waals surface area contributed by atoms with Gasteiger partial charge in [0.25, 0.3) is 0 Å². The molecule has 0 aliphatic rings. The van der Waals surface area contributed by atoms with Crippen molar-refractivity contribution in [1.29, 1.82) is 0 Å². The van der Waals surface area contributed by atoms with Gasteiger partial charge in [0.15, 0.2) is 9.84 Å². The summed E-state index contributed by atoms with van der Waals surface area (Å²) in [6.07, 6.45) is -0.175. The quantitative estimate of drug-likeness (QED) is 0.810. The van der Waals surface area contributed by atoms with Crippen molar-refractivity contribution in [1.82, 2.24) is 0 Å². The van der Waals surface area contributed by atoms with Crippen LogP contribution in [0.2, 0.25) is 0 Å². The molecule has 114 valence electrons. The van der Waals surface area contributed by atoms with Gasteiger partial charge in [0.1, 0.15) is 11.3 Å². The molecule has 0 saturated heterocycles. The number of esters is 1. The highest BCUT2D eigenvalue weighted by Crippen LogP contribution is 2.23. The van der Waals surface area contributed by atoms with Crippen molar-refractivity contribution in [2.45, 2.75) is 12.5 Å². The minimum absolute atomic E-state index is 0.175. The molecule has 0 saturated carbocycles. The van der Waals surface area contributed by atoms with E-state index in [4.69, 9.17) is 10.2 Å². The number of carbonyl (C=O) groups excluding carboxylic acids is 1. The molecule has 6 nitrogen and oxygen atoms in total. The van der Waals surface area contributed by atoms with Gasteiger partial charge in [-0.2, -0.15) is 0 Å². The molecule has 0 aliphatic heterocycles. The molecule has 21 heavy (non-hydrogen) atoms. The van der Waals surface area contributed by atoms with E-state index in [-0.39, 0.29) is 17.9 Å². The van der Waals surface area contributed by atoms with Gasteiger partial charge in [0.2, 0.25) is 0 Å². The number of furan rings is 1. The Balaban J connectivity index is 2.06. The van der Waals surface area contributed by atoms with E-state index in [1.807, 2.05) is 18.2 Å². The summed E-state index contributed by atoms with van der Waals surface area (Å²) in [6.45, 7) is 0. The van der Waals surface area contributed by atoms with Crippen LogP contribution in [0.3, 0.4) is 0 Å². The fourth-order valence-corrected chi connectivity index (χ4v) is 3.32. The fourth-order valence-electron chi connectivity index (χ4n) is 1.97. The second-order valence-electron chi connectivity index (χ2n) is 4.73. The monoisotopic (exact) mass is 311 g/mol. The first kappa shape index (κ1) is 15.5. The summed E-state index contributed by atoms with van der Waals surface area (Å²) in [5.74, 6) is -0.703. The molecular weight excluding hydrogens is 294 g/mol. The van der Waals surface area contributed by atoms with Crippen molar-refractivity contribution in [3.05, 3.63) is 36.1 Å². The summed E-state index contributed by atoms with van der Waals surface area (Å²) in [5, 5.41) is 0.870. The van der Waals surface area contributed by atoms with Gasteiger partial charge >= 0.3 is 5.97 Å². The molecule has 2 rings (SSSR count). The molecule has 1 heterocycles. The number of methoxy groups -OCH3 is 1. The third kappa shape index (κ3) is 4.05. The first-order chi connectivity index (χ1) is 9.91. The lowest BCUT2D eigenvalue weighted by atomic mass is 10.2. The molecule has 0 spiro atoms. The summed E-state index contributed by atoms with van der Waals surface area (Å²) in [6, 6.07) is 8.31. The van der Waals surface area contributed by atoms with Gasteiger partial charge in [-0.1, -0.05) is 18.2 Å². The van der Waals surface area contributed by atoms with E-state index in [0.717, 1.165) is 5.39 Å². The predicted octanol–water partition coefficient (Wildman–Crippen LogP) is 1.41. The Morgan fingerprint density at radius 1 is 1.38 bits per heavy atom. The number of rotatable bonds is 6. The number of sulfone groups is 1. The Morgan fingerprint density at radius 2 is 2.10 bits per heavy atom. The Bertz CT molecular complexity index is 702. The fraction of sp³-hybridized carbons (Fsp3) is 0.357. The molecule has 1 aromatic heterocycles. The van der Waals surface area contributed by atoms with Crippen LogP contribution in [0.4, 0.5) is 0 Å². The van der Waals surface area contributed by atoms with Crippen LogP contribution in [0.1, 0.15) is 18.2 Å². The normalized spacial score (nSPS) is 13.2. The average molecular weight is 311 g/mol. The van der Waals surface area contributed by atoms with Gasteiger partial charge in [-0.3, -0.25) is 4.79 Å². The number of hydrogen-bond donors (Lipinski definition) is 1. The number of nitrogens with two attached hydrogens (primary N) is 1. The van der Waals surface area contributed by atoms with E-state index >= 15 is 0 Å².